The van der Waals surface area contributed by atoms with Gasteiger partial charge in [0, 0.05) is 13.3 Å². The molecule has 0 saturated heterocycles. The van der Waals surface area contributed by atoms with Crippen molar-refractivity contribution in [3.05, 3.63) is 0 Å². The molecule has 0 heterocycles. The van der Waals surface area contributed by atoms with E-state index in [0.717, 1.165) is 0 Å². The normalized spacial score (nSPS) is 9.83. The van der Waals surface area contributed by atoms with Crippen LogP contribution in [0.15, 0.2) is 0 Å². The van der Waals surface area contributed by atoms with Gasteiger partial charge in [0.1, 0.15) is 0 Å². The number of rotatable bonds is 0. The summed E-state index contributed by atoms with van der Waals surface area (Å²) >= 11 is 0. The fraction of sp³-hybridized carbons (Fsp3) is 1.00. The zero-order valence-electron chi connectivity index (χ0n) is 3.71. The van der Waals surface area contributed by atoms with E-state index >= 15 is 0 Å². The van der Waals surface area contributed by atoms with Crippen LogP contribution >= 0.6 is 24.4 Å². The first kappa shape index (κ1) is 9.83. The van der Waals surface area contributed by atoms with Gasteiger partial charge in [-0.15, -0.1) is 17.0 Å². The van der Waals surface area contributed by atoms with Crippen molar-refractivity contribution < 1.29 is 9.46 Å². The molecule has 1 N–H and O–H groups in total. The Labute approximate surface area is 47.8 Å². The highest BCUT2D eigenvalue weighted by Crippen LogP contribution is 2.27. The first-order valence-corrected chi connectivity index (χ1v) is 3.83. The molecule has 0 spiro atoms. The molecule has 0 aromatic rings. The van der Waals surface area contributed by atoms with Gasteiger partial charge >= 0.3 is 0 Å². The van der Waals surface area contributed by atoms with E-state index in [1.54, 1.807) is 0 Å². The Hall–Kier alpha value is 0.670. The lowest BCUT2D eigenvalue weighted by atomic mass is 11.9. The standard InChI is InChI=1S/C2H7O2P.BrH/c1-5(2,3)4;/h1-2H3,(H,3,4);1H. The van der Waals surface area contributed by atoms with E-state index in [0.29, 0.717) is 0 Å². The molecule has 0 radical (unpaired) electrons. The summed E-state index contributed by atoms with van der Waals surface area (Å²) in [6, 6.07) is 0. The Kier molecular flexibility index (Phi) is 4.55. The molecule has 0 aliphatic carbocycles. The van der Waals surface area contributed by atoms with Crippen molar-refractivity contribution in [2.45, 2.75) is 0 Å². The van der Waals surface area contributed by atoms with E-state index in [4.69, 9.17) is 4.89 Å². The third-order valence-corrected chi connectivity index (χ3v) is 0. The van der Waals surface area contributed by atoms with Crippen LogP contribution in [0.5, 0.6) is 0 Å². The van der Waals surface area contributed by atoms with Gasteiger partial charge in [0.15, 0.2) is 7.37 Å². The second kappa shape index (κ2) is 2.78. The lowest BCUT2D eigenvalue weighted by Gasteiger charge is -1.86. The van der Waals surface area contributed by atoms with E-state index < -0.39 is 7.37 Å². The summed E-state index contributed by atoms with van der Waals surface area (Å²) in [5, 5.41) is 0. The van der Waals surface area contributed by atoms with Crippen molar-refractivity contribution >= 4 is 24.4 Å². The van der Waals surface area contributed by atoms with Gasteiger partial charge in [-0.1, -0.05) is 0 Å². The van der Waals surface area contributed by atoms with Crippen molar-refractivity contribution in [3.8, 4) is 0 Å². The molecule has 0 rings (SSSR count). The molecule has 0 amide bonds. The summed E-state index contributed by atoms with van der Waals surface area (Å²) in [5.74, 6) is 0. The van der Waals surface area contributed by atoms with Crippen LogP contribution < -0.4 is 0 Å². The molecular weight excluding hydrogens is 167 g/mol. The minimum absolute atomic E-state index is 0. The topological polar surface area (TPSA) is 37.3 Å². The van der Waals surface area contributed by atoms with Gasteiger partial charge in [0.05, 0.1) is 0 Å². The Balaban J connectivity index is 0. The Bertz CT molecular complexity index is 57.7. The summed E-state index contributed by atoms with van der Waals surface area (Å²) in [6.45, 7) is 2.60. The van der Waals surface area contributed by atoms with Crippen molar-refractivity contribution in [2.24, 2.45) is 0 Å². The van der Waals surface area contributed by atoms with E-state index in [1.165, 1.54) is 13.3 Å². The van der Waals surface area contributed by atoms with Crippen molar-refractivity contribution in [1.82, 2.24) is 0 Å². The molecule has 0 aliphatic rings. The molecule has 0 bridgehead atoms. The highest BCUT2D eigenvalue weighted by atomic mass is 79.9. The zero-order valence-corrected chi connectivity index (χ0v) is 6.32. The van der Waals surface area contributed by atoms with Gasteiger partial charge in [0.25, 0.3) is 0 Å². The first-order valence-electron chi connectivity index (χ1n) is 1.28. The smallest absolute Gasteiger partial charge is 0.194 e. The number of hydrogen-bond donors (Lipinski definition) is 1. The van der Waals surface area contributed by atoms with Gasteiger partial charge < -0.3 is 4.89 Å². The SMILES string of the molecule is Br.CP(C)(=O)O. The second-order valence-electron chi connectivity index (χ2n) is 1.29. The average Bonchev–Trinajstić information content (AvgIpc) is 0.722. The van der Waals surface area contributed by atoms with E-state index in [-0.39, 0.29) is 17.0 Å². The molecule has 2 nitrogen and oxygen atoms in total. The summed E-state index contributed by atoms with van der Waals surface area (Å²) in [6.07, 6.45) is 0. The maximum atomic E-state index is 9.77. The Morgan fingerprint density at radius 3 is 1.50 bits per heavy atom. The fourth-order valence-electron chi connectivity index (χ4n) is 0. The molecule has 0 aromatic heterocycles. The van der Waals surface area contributed by atoms with Crippen LogP contribution in [0.25, 0.3) is 0 Å². The maximum Gasteiger partial charge on any atom is 0.194 e. The Morgan fingerprint density at radius 1 is 1.50 bits per heavy atom. The molecule has 40 valence electrons. The number of hydrogen-bond acceptors (Lipinski definition) is 1. The van der Waals surface area contributed by atoms with Gasteiger partial charge in [-0.05, 0) is 0 Å². The third-order valence-electron chi connectivity index (χ3n) is 0. The van der Waals surface area contributed by atoms with Crippen LogP contribution in [0.4, 0.5) is 0 Å². The summed E-state index contributed by atoms with van der Waals surface area (Å²) in [4.78, 5) is 8.08. The molecule has 0 fully saturated rings. The van der Waals surface area contributed by atoms with Crippen LogP contribution in [0.2, 0.25) is 0 Å². The molecule has 0 unspecified atom stereocenters. The van der Waals surface area contributed by atoms with Gasteiger partial charge in [-0.3, -0.25) is 4.57 Å². The van der Waals surface area contributed by atoms with Crippen LogP contribution in [-0.4, -0.2) is 18.2 Å². The van der Waals surface area contributed by atoms with Crippen LogP contribution in [0, 0.1) is 0 Å². The van der Waals surface area contributed by atoms with Crippen molar-refractivity contribution in [3.63, 3.8) is 0 Å². The fourth-order valence-corrected chi connectivity index (χ4v) is 0. The highest BCUT2D eigenvalue weighted by molar-refractivity contribution is 8.93. The molecular formula is C2H8BrO2P. The number of halogens is 1. The second-order valence-corrected chi connectivity index (χ2v) is 3.88. The van der Waals surface area contributed by atoms with Crippen molar-refractivity contribution in [1.29, 1.82) is 0 Å². The predicted octanol–water partition coefficient (Wildman–Crippen LogP) is 1.09. The van der Waals surface area contributed by atoms with Gasteiger partial charge in [-0.2, -0.15) is 0 Å². The molecule has 0 atom stereocenters. The van der Waals surface area contributed by atoms with Gasteiger partial charge in [0.2, 0.25) is 0 Å². The van der Waals surface area contributed by atoms with Crippen molar-refractivity contribution in [2.75, 3.05) is 13.3 Å². The molecule has 0 saturated carbocycles. The quantitative estimate of drug-likeness (QED) is 0.559. The monoisotopic (exact) mass is 174 g/mol. The average molecular weight is 175 g/mol. The minimum Gasteiger partial charge on any atom is -0.345 e. The minimum atomic E-state index is -2.64. The largest absolute Gasteiger partial charge is 0.345 e. The summed E-state index contributed by atoms with van der Waals surface area (Å²) < 4.78 is 9.77. The van der Waals surface area contributed by atoms with Gasteiger partial charge in [-0.25, -0.2) is 0 Å². The molecule has 6 heavy (non-hydrogen) atoms. The maximum absolute atomic E-state index is 9.77. The lowest BCUT2D eigenvalue weighted by molar-refractivity contribution is 0.492. The van der Waals surface area contributed by atoms with E-state index in [9.17, 15) is 4.57 Å². The van der Waals surface area contributed by atoms with E-state index in [2.05, 4.69) is 0 Å². The molecule has 0 aromatic carbocycles. The zero-order chi connectivity index (χ0) is 4.50. The Morgan fingerprint density at radius 2 is 1.50 bits per heavy atom. The van der Waals surface area contributed by atoms with E-state index in [1.807, 2.05) is 0 Å². The first-order chi connectivity index (χ1) is 2.00. The molecule has 4 heteroatoms. The van der Waals surface area contributed by atoms with Crippen LogP contribution in [0.1, 0.15) is 0 Å². The van der Waals surface area contributed by atoms with Crippen LogP contribution in [0.3, 0.4) is 0 Å². The predicted molar refractivity (Wildman–Crippen MR) is 32.0 cm³/mol. The summed E-state index contributed by atoms with van der Waals surface area (Å²) in [7, 11) is -2.64. The third kappa shape index (κ3) is 140. The molecule has 0 aliphatic heterocycles. The lowest BCUT2D eigenvalue weighted by Crippen LogP contribution is -1.62. The summed E-state index contributed by atoms with van der Waals surface area (Å²) in [5.41, 5.74) is 0. The highest BCUT2D eigenvalue weighted by Gasteiger charge is 1.92. The van der Waals surface area contributed by atoms with Crippen LogP contribution in [-0.2, 0) is 4.57 Å².